The normalized spacial score (nSPS) is 11.6. The zero-order valence-corrected chi connectivity index (χ0v) is 11.3. The molecule has 5 nitrogen and oxygen atoms in total. The molecule has 0 saturated carbocycles. The fourth-order valence-electron chi connectivity index (χ4n) is 1.88. The molecule has 0 saturated heterocycles. The Morgan fingerprint density at radius 1 is 1.25 bits per heavy atom. The van der Waals surface area contributed by atoms with E-state index in [2.05, 4.69) is 15.3 Å². The fraction of sp³-hybridized carbons (Fsp3) is 0.267. The molecule has 0 fully saturated rings. The van der Waals surface area contributed by atoms with Crippen LogP contribution in [0.25, 0.3) is 0 Å². The van der Waals surface area contributed by atoms with Crippen LogP contribution in [0.4, 0.5) is 5.82 Å². The minimum atomic E-state index is -0.0882. The molecule has 0 bridgehead atoms. The summed E-state index contributed by atoms with van der Waals surface area (Å²) in [5, 5.41) is 12.1. The van der Waals surface area contributed by atoms with Gasteiger partial charge < -0.3 is 10.1 Å². The number of benzene rings is 1. The Hall–Kier alpha value is -2.45. The Kier molecular flexibility index (Phi) is 5.04. The average Bonchev–Trinajstić information content (AvgIpc) is 2.52. The van der Waals surface area contributed by atoms with Crippen molar-refractivity contribution >= 4 is 5.82 Å². The number of nitrogens with one attached hydrogen (secondary N) is 1. The summed E-state index contributed by atoms with van der Waals surface area (Å²) in [5.74, 6) is 0.482. The van der Waals surface area contributed by atoms with Gasteiger partial charge in [-0.25, -0.2) is 9.97 Å². The molecular weight excluding hydrogens is 252 g/mol. The Bertz CT molecular complexity index is 580. The zero-order valence-electron chi connectivity index (χ0n) is 11.3. The van der Waals surface area contributed by atoms with Crippen molar-refractivity contribution < 1.29 is 4.74 Å². The molecule has 5 heteroatoms. The highest BCUT2D eigenvalue weighted by Gasteiger charge is 2.12. The number of aromatic nitrogens is 2. The molecule has 0 spiro atoms. The van der Waals surface area contributed by atoms with Crippen LogP contribution in [0.1, 0.15) is 24.3 Å². The lowest BCUT2D eigenvalue weighted by Crippen LogP contribution is -2.17. The van der Waals surface area contributed by atoms with E-state index in [9.17, 15) is 0 Å². The highest BCUT2D eigenvalue weighted by Crippen LogP contribution is 2.18. The van der Waals surface area contributed by atoms with Crippen LogP contribution < -0.4 is 5.32 Å². The van der Waals surface area contributed by atoms with Crippen molar-refractivity contribution in [2.45, 2.75) is 13.0 Å². The van der Waals surface area contributed by atoms with Crippen LogP contribution in [0.2, 0.25) is 0 Å². The number of ether oxygens (including phenoxy) is 1. The van der Waals surface area contributed by atoms with E-state index >= 15 is 0 Å². The largest absolute Gasteiger partial charge is 0.372 e. The Balaban J connectivity index is 2.08. The van der Waals surface area contributed by atoms with Gasteiger partial charge >= 0.3 is 0 Å². The van der Waals surface area contributed by atoms with Crippen LogP contribution in [-0.4, -0.2) is 23.1 Å². The van der Waals surface area contributed by atoms with Crippen LogP contribution >= 0.6 is 0 Å². The predicted molar refractivity (Wildman–Crippen MR) is 76.0 cm³/mol. The van der Waals surface area contributed by atoms with Crippen molar-refractivity contribution in [3.8, 4) is 6.07 Å². The summed E-state index contributed by atoms with van der Waals surface area (Å²) in [6.45, 7) is 3.11. The Labute approximate surface area is 118 Å². The number of nitrogens with zero attached hydrogens (tertiary/aromatic N) is 3. The Morgan fingerprint density at radius 2 is 2.00 bits per heavy atom. The molecule has 0 amide bonds. The zero-order chi connectivity index (χ0) is 14.2. The molecule has 2 aromatic rings. The van der Waals surface area contributed by atoms with Crippen LogP contribution in [0.5, 0.6) is 0 Å². The van der Waals surface area contributed by atoms with Gasteiger partial charge in [0.05, 0.1) is 6.10 Å². The first-order chi connectivity index (χ1) is 9.85. The summed E-state index contributed by atoms with van der Waals surface area (Å²) < 4.78 is 5.73. The van der Waals surface area contributed by atoms with E-state index in [-0.39, 0.29) is 11.8 Å². The summed E-state index contributed by atoms with van der Waals surface area (Å²) in [7, 11) is 0. The van der Waals surface area contributed by atoms with E-state index in [1.807, 2.05) is 43.3 Å². The fourth-order valence-corrected chi connectivity index (χ4v) is 1.88. The molecule has 2 rings (SSSR count). The van der Waals surface area contributed by atoms with Crippen LogP contribution in [0.3, 0.4) is 0 Å². The number of nitriles is 1. The third-order valence-corrected chi connectivity index (χ3v) is 2.80. The van der Waals surface area contributed by atoms with Crippen molar-refractivity contribution in [1.29, 1.82) is 5.26 Å². The number of rotatable bonds is 6. The molecule has 0 aliphatic heterocycles. The summed E-state index contributed by atoms with van der Waals surface area (Å²) >= 11 is 0. The lowest BCUT2D eigenvalue weighted by molar-refractivity contribution is 0.0718. The van der Waals surface area contributed by atoms with Gasteiger partial charge in [0.25, 0.3) is 0 Å². The molecule has 0 radical (unpaired) electrons. The first kappa shape index (κ1) is 14.0. The van der Waals surface area contributed by atoms with E-state index in [4.69, 9.17) is 10.00 Å². The molecule has 1 aromatic carbocycles. The lowest BCUT2D eigenvalue weighted by atomic mass is 10.1. The van der Waals surface area contributed by atoms with Gasteiger partial charge in [0.2, 0.25) is 0 Å². The smallest absolute Gasteiger partial charge is 0.182 e. The second-order valence-electron chi connectivity index (χ2n) is 4.10. The van der Waals surface area contributed by atoms with E-state index in [0.717, 1.165) is 5.56 Å². The number of anilines is 1. The quantitative estimate of drug-likeness (QED) is 0.871. The topological polar surface area (TPSA) is 70.8 Å². The van der Waals surface area contributed by atoms with Crippen molar-refractivity contribution in [1.82, 2.24) is 9.97 Å². The van der Waals surface area contributed by atoms with Gasteiger partial charge in [-0.1, -0.05) is 30.3 Å². The van der Waals surface area contributed by atoms with E-state index < -0.39 is 0 Å². The minimum Gasteiger partial charge on any atom is -0.372 e. The second-order valence-corrected chi connectivity index (χ2v) is 4.10. The standard InChI is InChI=1S/C15H16N4O/c1-2-20-14(12-6-4-3-5-7-12)11-19-15-13(10-16)17-8-9-18-15/h3-9,14H,2,11H2,1H3,(H,18,19). The SMILES string of the molecule is CCOC(CNc1nccnc1C#N)c1ccccc1. The van der Waals surface area contributed by atoms with E-state index in [1.54, 1.807) is 6.20 Å². The highest BCUT2D eigenvalue weighted by atomic mass is 16.5. The van der Waals surface area contributed by atoms with Gasteiger partial charge in [-0.3, -0.25) is 0 Å². The summed E-state index contributed by atoms with van der Waals surface area (Å²) in [5.41, 5.74) is 1.38. The monoisotopic (exact) mass is 268 g/mol. The third-order valence-electron chi connectivity index (χ3n) is 2.80. The number of hydrogen-bond donors (Lipinski definition) is 1. The molecule has 20 heavy (non-hydrogen) atoms. The maximum absolute atomic E-state index is 8.98. The molecule has 1 N–H and O–H groups in total. The van der Waals surface area contributed by atoms with Crippen LogP contribution in [-0.2, 0) is 4.74 Å². The van der Waals surface area contributed by atoms with Gasteiger partial charge in [-0.2, -0.15) is 5.26 Å². The molecule has 1 aromatic heterocycles. The molecular formula is C15H16N4O. The maximum Gasteiger partial charge on any atom is 0.182 e. The maximum atomic E-state index is 8.98. The molecule has 1 atom stereocenters. The van der Waals surface area contributed by atoms with Crippen LogP contribution in [0.15, 0.2) is 42.7 Å². The highest BCUT2D eigenvalue weighted by molar-refractivity contribution is 5.46. The molecule has 102 valence electrons. The van der Waals surface area contributed by atoms with Crippen molar-refractivity contribution in [3.63, 3.8) is 0 Å². The molecule has 0 aliphatic carbocycles. The van der Waals surface area contributed by atoms with Crippen molar-refractivity contribution in [2.24, 2.45) is 0 Å². The second kappa shape index (κ2) is 7.22. The molecule has 1 unspecified atom stereocenters. The molecule has 0 aliphatic rings. The lowest BCUT2D eigenvalue weighted by Gasteiger charge is -2.18. The first-order valence-corrected chi connectivity index (χ1v) is 6.46. The van der Waals surface area contributed by atoms with Gasteiger partial charge in [0.1, 0.15) is 6.07 Å². The molecule has 1 heterocycles. The van der Waals surface area contributed by atoms with Gasteiger partial charge in [0, 0.05) is 25.5 Å². The third kappa shape index (κ3) is 3.53. The van der Waals surface area contributed by atoms with Crippen molar-refractivity contribution in [2.75, 3.05) is 18.5 Å². The van der Waals surface area contributed by atoms with Crippen molar-refractivity contribution in [3.05, 3.63) is 54.0 Å². The summed E-state index contributed by atoms with van der Waals surface area (Å²) in [6, 6.07) is 12.0. The summed E-state index contributed by atoms with van der Waals surface area (Å²) in [4.78, 5) is 8.09. The van der Waals surface area contributed by atoms with Gasteiger partial charge in [0.15, 0.2) is 11.5 Å². The van der Waals surface area contributed by atoms with E-state index in [0.29, 0.717) is 19.0 Å². The number of hydrogen-bond acceptors (Lipinski definition) is 5. The minimum absolute atomic E-state index is 0.0882. The first-order valence-electron chi connectivity index (χ1n) is 6.46. The summed E-state index contributed by atoms with van der Waals surface area (Å²) in [6.07, 6.45) is 2.97. The van der Waals surface area contributed by atoms with Crippen LogP contribution in [0, 0.1) is 11.3 Å². The Morgan fingerprint density at radius 3 is 2.70 bits per heavy atom. The average molecular weight is 268 g/mol. The van der Waals surface area contributed by atoms with Gasteiger partial charge in [-0.15, -0.1) is 0 Å². The van der Waals surface area contributed by atoms with Gasteiger partial charge in [-0.05, 0) is 12.5 Å². The van der Waals surface area contributed by atoms with E-state index in [1.165, 1.54) is 6.20 Å². The predicted octanol–water partition coefficient (Wildman–Crippen LogP) is 2.54.